The number of hydrogen-bond donors (Lipinski definition) is 0. The molecule has 0 aliphatic carbocycles. The van der Waals surface area contributed by atoms with E-state index in [4.69, 9.17) is 23.2 Å². The van der Waals surface area contributed by atoms with Crippen molar-refractivity contribution in [2.24, 2.45) is 5.92 Å². The van der Waals surface area contributed by atoms with Crippen LogP contribution >= 0.6 is 39.1 Å². The van der Waals surface area contributed by atoms with Gasteiger partial charge in [0, 0.05) is 23.4 Å². The molecule has 0 unspecified atom stereocenters. The lowest BCUT2D eigenvalue weighted by Gasteiger charge is -2.31. The Hall–Kier alpha value is -0.250. The molecule has 2 nitrogen and oxygen atoms in total. The molecule has 2 rings (SSSR count). The summed E-state index contributed by atoms with van der Waals surface area (Å²) in [6.07, 6.45) is 1.95. The van der Waals surface area contributed by atoms with Crippen molar-refractivity contribution in [3.8, 4) is 0 Å². The van der Waals surface area contributed by atoms with Gasteiger partial charge in [-0.25, -0.2) is 0 Å². The smallest absolute Gasteiger partial charge is 0.255 e. The molecule has 0 spiro atoms. The standard InChI is InChI=1S/C13H14BrCl2NO/c14-11-3-1-2-10(12(11)16)13(18)17-6-4-9(8-15)5-7-17/h1-3,9H,4-8H2. The first kappa shape index (κ1) is 14.2. The zero-order valence-electron chi connectivity index (χ0n) is 9.83. The molecule has 0 radical (unpaired) electrons. The van der Waals surface area contributed by atoms with Crippen molar-refractivity contribution in [3.63, 3.8) is 0 Å². The van der Waals surface area contributed by atoms with Crippen LogP contribution in [0.4, 0.5) is 0 Å². The first-order valence-corrected chi connectivity index (χ1v) is 7.63. The first-order valence-electron chi connectivity index (χ1n) is 5.92. The molecule has 1 aliphatic rings. The van der Waals surface area contributed by atoms with Gasteiger partial charge in [0.2, 0.25) is 0 Å². The molecule has 5 heteroatoms. The second-order valence-electron chi connectivity index (χ2n) is 4.49. The van der Waals surface area contributed by atoms with Crippen LogP contribution in [-0.4, -0.2) is 29.8 Å². The molecular weight excluding hydrogens is 337 g/mol. The van der Waals surface area contributed by atoms with Gasteiger partial charge in [-0.3, -0.25) is 4.79 Å². The van der Waals surface area contributed by atoms with Gasteiger partial charge < -0.3 is 4.90 Å². The lowest BCUT2D eigenvalue weighted by Crippen LogP contribution is -2.39. The molecular formula is C13H14BrCl2NO. The van der Waals surface area contributed by atoms with Gasteiger partial charge >= 0.3 is 0 Å². The highest BCUT2D eigenvalue weighted by molar-refractivity contribution is 9.10. The second kappa shape index (κ2) is 6.27. The summed E-state index contributed by atoms with van der Waals surface area (Å²) in [4.78, 5) is 14.2. The molecule has 1 saturated heterocycles. The number of likely N-dealkylation sites (tertiary alicyclic amines) is 1. The summed E-state index contributed by atoms with van der Waals surface area (Å²) in [6.45, 7) is 1.53. The number of nitrogens with zero attached hydrogens (tertiary/aromatic N) is 1. The third-order valence-electron chi connectivity index (χ3n) is 3.30. The molecule has 98 valence electrons. The number of piperidine rings is 1. The van der Waals surface area contributed by atoms with E-state index in [1.165, 1.54) is 0 Å². The van der Waals surface area contributed by atoms with E-state index in [0.717, 1.165) is 30.4 Å². The molecule has 18 heavy (non-hydrogen) atoms. The maximum absolute atomic E-state index is 12.4. The Labute approximate surface area is 125 Å². The highest BCUT2D eigenvalue weighted by Gasteiger charge is 2.24. The van der Waals surface area contributed by atoms with Crippen LogP contribution in [0.3, 0.4) is 0 Å². The van der Waals surface area contributed by atoms with E-state index in [1.807, 2.05) is 17.0 Å². The van der Waals surface area contributed by atoms with Gasteiger partial charge in [-0.15, -0.1) is 11.6 Å². The quantitative estimate of drug-likeness (QED) is 0.732. The summed E-state index contributed by atoms with van der Waals surface area (Å²) in [7, 11) is 0. The molecule has 0 saturated carbocycles. The number of carbonyl (C=O) groups excluding carboxylic acids is 1. The van der Waals surface area contributed by atoms with Gasteiger partial charge in [-0.2, -0.15) is 0 Å². The monoisotopic (exact) mass is 349 g/mol. The second-order valence-corrected chi connectivity index (χ2v) is 6.03. The average molecular weight is 351 g/mol. The molecule has 1 heterocycles. The lowest BCUT2D eigenvalue weighted by molar-refractivity contribution is 0.0698. The van der Waals surface area contributed by atoms with Crippen LogP contribution in [0, 0.1) is 5.92 Å². The van der Waals surface area contributed by atoms with E-state index in [2.05, 4.69) is 15.9 Å². The average Bonchev–Trinajstić information content (AvgIpc) is 2.41. The van der Waals surface area contributed by atoms with Crippen LogP contribution < -0.4 is 0 Å². The van der Waals surface area contributed by atoms with Crippen molar-refractivity contribution in [1.29, 1.82) is 0 Å². The van der Waals surface area contributed by atoms with Gasteiger partial charge in [-0.05, 0) is 46.8 Å². The Kier molecular flexibility index (Phi) is 4.93. The van der Waals surface area contributed by atoms with Crippen LogP contribution in [0.1, 0.15) is 23.2 Å². The number of benzene rings is 1. The minimum Gasteiger partial charge on any atom is -0.339 e. The maximum Gasteiger partial charge on any atom is 0.255 e. The fourth-order valence-corrected chi connectivity index (χ4v) is 3.01. The Morgan fingerprint density at radius 2 is 2.06 bits per heavy atom. The highest BCUT2D eigenvalue weighted by Crippen LogP contribution is 2.28. The number of halogens is 3. The fraction of sp³-hybridized carbons (Fsp3) is 0.462. The van der Waals surface area contributed by atoms with Crippen LogP contribution in [-0.2, 0) is 0 Å². The van der Waals surface area contributed by atoms with Crippen molar-refractivity contribution < 1.29 is 4.79 Å². The number of amides is 1. The van der Waals surface area contributed by atoms with Crippen molar-refractivity contribution in [2.45, 2.75) is 12.8 Å². The van der Waals surface area contributed by atoms with Crippen LogP contribution in [0.2, 0.25) is 5.02 Å². The molecule has 0 N–H and O–H groups in total. The Bertz CT molecular complexity index is 445. The molecule has 1 aromatic rings. The summed E-state index contributed by atoms with van der Waals surface area (Å²) < 4.78 is 0.755. The zero-order chi connectivity index (χ0) is 13.1. The molecule has 1 amide bonds. The van der Waals surface area contributed by atoms with E-state index >= 15 is 0 Å². The Morgan fingerprint density at radius 3 is 2.67 bits per heavy atom. The fourth-order valence-electron chi connectivity index (χ4n) is 2.13. The number of hydrogen-bond acceptors (Lipinski definition) is 1. The van der Waals surface area contributed by atoms with E-state index in [-0.39, 0.29) is 5.91 Å². The summed E-state index contributed by atoms with van der Waals surface area (Å²) in [5.41, 5.74) is 0.565. The third-order valence-corrected chi connectivity index (χ3v) is 5.03. The van der Waals surface area contributed by atoms with E-state index in [1.54, 1.807) is 6.07 Å². The van der Waals surface area contributed by atoms with Crippen molar-refractivity contribution in [3.05, 3.63) is 33.3 Å². The van der Waals surface area contributed by atoms with Gasteiger partial charge in [-0.1, -0.05) is 17.7 Å². The predicted octanol–water partition coefficient (Wildman–Crippen LogP) is 4.19. The van der Waals surface area contributed by atoms with Crippen LogP contribution in [0.15, 0.2) is 22.7 Å². The molecule has 1 aliphatic heterocycles. The highest BCUT2D eigenvalue weighted by atomic mass is 79.9. The number of carbonyl (C=O) groups is 1. The van der Waals surface area contributed by atoms with Crippen LogP contribution in [0.25, 0.3) is 0 Å². The zero-order valence-corrected chi connectivity index (χ0v) is 12.9. The Morgan fingerprint density at radius 1 is 1.39 bits per heavy atom. The summed E-state index contributed by atoms with van der Waals surface area (Å²) >= 11 is 15.3. The molecule has 0 bridgehead atoms. The first-order chi connectivity index (χ1) is 8.63. The van der Waals surface area contributed by atoms with Gasteiger partial charge in [0.1, 0.15) is 0 Å². The topological polar surface area (TPSA) is 20.3 Å². The molecule has 0 atom stereocenters. The van der Waals surface area contributed by atoms with Crippen molar-refractivity contribution >= 4 is 45.0 Å². The van der Waals surface area contributed by atoms with Gasteiger partial charge in [0.05, 0.1) is 10.6 Å². The number of alkyl halides is 1. The van der Waals surface area contributed by atoms with Gasteiger partial charge in [0.25, 0.3) is 5.91 Å². The lowest BCUT2D eigenvalue weighted by atomic mass is 9.98. The largest absolute Gasteiger partial charge is 0.339 e. The predicted molar refractivity (Wildman–Crippen MR) is 78.5 cm³/mol. The Balaban J connectivity index is 2.10. The van der Waals surface area contributed by atoms with Crippen LogP contribution in [0.5, 0.6) is 0 Å². The summed E-state index contributed by atoms with van der Waals surface area (Å²) in [6, 6.07) is 5.43. The summed E-state index contributed by atoms with van der Waals surface area (Å²) in [5, 5.41) is 0.488. The van der Waals surface area contributed by atoms with Gasteiger partial charge in [0.15, 0.2) is 0 Å². The summed E-state index contributed by atoms with van der Waals surface area (Å²) in [5.74, 6) is 1.22. The number of rotatable bonds is 2. The third kappa shape index (κ3) is 3.01. The van der Waals surface area contributed by atoms with E-state index in [9.17, 15) is 4.79 Å². The maximum atomic E-state index is 12.4. The van der Waals surface area contributed by atoms with E-state index < -0.39 is 0 Å². The van der Waals surface area contributed by atoms with Crippen molar-refractivity contribution in [1.82, 2.24) is 4.90 Å². The van der Waals surface area contributed by atoms with E-state index in [0.29, 0.717) is 22.4 Å². The molecule has 1 aromatic carbocycles. The molecule has 1 fully saturated rings. The normalized spacial score (nSPS) is 16.9. The van der Waals surface area contributed by atoms with Crippen molar-refractivity contribution in [2.75, 3.05) is 19.0 Å². The minimum atomic E-state index is 0.00863. The SMILES string of the molecule is O=C(c1cccc(Br)c1Cl)N1CCC(CCl)CC1. The molecule has 0 aromatic heterocycles. The minimum absolute atomic E-state index is 0.00863.